The third-order valence-electron chi connectivity index (χ3n) is 4.62. The van der Waals surface area contributed by atoms with Gasteiger partial charge in [-0.05, 0) is 43.5 Å². The molecule has 1 aliphatic heterocycles. The van der Waals surface area contributed by atoms with Crippen LogP contribution < -0.4 is 5.32 Å². The molecule has 3 rings (SSSR count). The van der Waals surface area contributed by atoms with E-state index in [2.05, 4.69) is 17.4 Å². The van der Waals surface area contributed by atoms with Crippen LogP contribution in [0, 0.1) is 5.92 Å². The molecule has 1 heterocycles. The molecule has 2 unspecified atom stereocenters. The predicted octanol–water partition coefficient (Wildman–Crippen LogP) is 3.30. The molecule has 3 atom stereocenters. The van der Waals surface area contributed by atoms with Crippen molar-refractivity contribution in [1.82, 2.24) is 5.32 Å². The van der Waals surface area contributed by atoms with E-state index in [4.69, 9.17) is 11.6 Å². The highest BCUT2D eigenvalue weighted by Gasteiger charge is 2.45. The largest absolute Gasteiger partial charge is 0.389 e. The molecule has 1 aromatic rings. The summed E-state index contributed by atoms with van der Waals surface area (Å²) in [6.45, 7) is 0.903. The molecule has 2 fully saturated rings. The van der Waals surface area contributed by atoms with Gasteiger partial charge in [0.05, 0.1) is 5.60 Å². The lowest BCUT2D eigenvalue weighted by molar-refractivity contribution is -0.0861. The number of hydrogen-bond acceptors (Lipinski definition) is 2. The van der Waals surface area contributed by atoms with Gasteiger partial charge in [-0.15, -0.1) is 0 Å². The van der Waals surface area contributed by atoms with Crippen LogP contribution in [0.1, 0.15) is 43.7 Å². The van der Waals surface area contributed by atoms with Gasteiger partial charge in [-0.1, -0.05) is 36.6 Å². The van der Waals surface area contributed by atoms with E-state index < -0.39 is 5.60 Å². The Bertz CT molecular complexity index is 415. The summed E-state index contributed by atoms with van der Waals surface area (Å²) in [6.07, 6.45) is 5.38. The van der Waals surface area contributed by atoms with Gasteiger partial charge in [-0.2, -0.15) is 0 Å². The molecule has 98 valence electrons. The Morgan fingerprint density at radius 2 is 1.94 bits per heavy atom. The van der Waals surface area contributed by atoms with Crippen molar-refractivity contribution in [2.75, 3.05) is 6.54 Å². The van der Waals surface area contributed by atoms with Crippen molar-refractivity contribution < 1.29 is 5.11 Å². The minimum Gasteiger partial charge on any atom is -0.389 e. The van der Waals surface area contributed by atoms with Crippen molar-refractivity contribution in [3.8, 4) is 0 Å². The Kier molecular flexibility index (Phi) is 3.35. The summed E-state index contributed by atoms with van der Waals surface area (Å²) in [5, 5.41) is 15.2. The molecular formula is C15H20ClNO. The maximum atomic E-state index is 10.8. The number of halogens is 1. The molecular weight excluding hydrogens is 246 g/mol. The lowest BCUT2D eigenvalue weighted by Crippen LogP contribution is -2.53. The molecule has 0 amide bonds. The Morgan fingerprint density at radius 3 is 2.72 bits per heavy atom. The first kappa shape index (κ1) is 12.5. The van der Waals surface area contributed by atoms with Gasteiger partial charge in [0.1, 0.15) is 0 Å². The average Bonchev–Trinajstić information content (AvgIpc) is 2.38. The van der Waals surface area contributed by atoms with E-state index in [0.29, 0.717) is 5.92 Å². The maximum absolute atomic E-state index is 10.8. The molecule has 2 N–H and O–H groups in total. The second kappa shape index (κ2) is 4.84. The standard InChI is InChI=1S/C15H20ClNO/c16-12-6-4-11(5-7-12)14-13-3-1-2-8-15(13,18)9-10-17-14/h4-7,13-14,17-18H,1-3,8-10H2/t13?,14-,15?/m0/s1. The van der Waals surface area contributed by atoms with Gasteiger partial charge in [-0.3, -0.25) is 0 Å². The van der Waals surface area contributed by atoms with E-state index in [9.17, 15) is 5.11 Å². The normalized spacial score (nSPS) is 36.1. The molecule has 2 aliphatic rings. The zero-order valence-corrected chi connectivity index (χ0v) is 11.3. The molecule has 0 aromatic heterocycles. The summed E-state index contributed by atoms with van der Waals surface area (Å²) in [5.74, 6) is 0.348. The van der Waals surface area contributed by atoms with Crippen molar-refractivity contribution in [3.05, 3.63) is 34.9 Å². The Labute approximate surface area is 113 Å². The van der Waals surface area contributed by atoms with Crippen LogP contribution in [0.25, 0.3) is 0 Å². The molecule has 3 heteroatoms. The van der Waals surface area contributed by atoms with Crippen molar-refractivity contribution in [2.24, 2.45) is 5.92 Å². The Morgan fingerprint density at radius 1 is 1.17 bits per heavy atom. The van der Waals surface area contributed by atoms with E-state index in [1.807, 2.05) is 12.1 Å². The summed E-state index contributed by atoms with van der Waals surface area (Å²) < 4.78 is 0. The number of hydrogen-bond donors (Lipinski definition) is 2. The lowest BCUT2D eigenvalue weighted by atomic mass is 9.67. The number of benzene rings is 1. The van der Waals surface area contributed by atoms with E-state index >= 15 is 0 Å². The summed E-state index contributed by atoms with van der Waals surface area (Å²) in [4.78, 5) is 0. The Hall–Kier alpha value is -0.570. The van der Waals surface area contributed by atoms with Crippen LogP contribution in [0.4, 0.5) is 0 Å². The number of fused-ring (bicyclic) bond motifs is 1. The fraction of sp³-hybridized carbons (Fsp3) is 0.600. The van der Waals surface area contributed by atoms with Gasteiger partial charge in [0.15, 0.2) is 0 Å². The third kappa shape index (κ3) is 2.18. The number of piperidine rings is 1. The Balaban J connectivity index is 1.88. The van der Waals surface area contributed by atoms with Gasteiger partial charge in [0.2, 0.25) is 0 Å². The van der Waals surface area contributed by atoms with Crippen molar-refractivity contribution in [2.45, 2.75) is 43.7 Å². The summed E-state index contributed by atoms with van der Waals surface area (Å²) in [6, 6.07) is 8.33. The van der Waals surface area contributed by atoms with Crippen LogP contribution in [-0.4, -0.2) is 17.3 Å². The van der Waals surface area contributed by atoms with Crippen LogP contribution in [0.5, 0.6) is 0 Å². The van der Waals surface area contributed by atoms with Crippen LogP contribution >= 0.6 is 11.6 Å². The third-order valence-corrected chi connectivity index (χ3v) is 4.87. The number of rotatable bonds is 1. The van der Waals surface area contributed by atoms with Gasteiger partial charge < -0.3 is 10.4 Å². The summed E-state index contributed by atoms with van der Waals surface area (Å²) in [5.41, 5.74) is 0.804. The van der Waals surface area contributed by atoms with Crippen molar-refractivity contribution >= 4 is 11.6 Å². The van der Waals surface area contributed by atoms with Gasteiger partial charge in [-0.25, -0.2) is 0 Å². The summed E-state index contributed by atoms with van der Waals surface area (Å²) >= 11 is 5.95. The first-order valence-electron chi connectivity index (χ1n) is 6.90. The quantitative estimate of drug-likeness (QED) is 0.817. The first-order valence-corrected chi connectivity index (χ1v) is 7.28. The van der Waals surface area contributed by atoms with Crippen LogP contribution in [0.3, 0.4) is 0 Å². The second-order valence-electron chi connectivity index (χ2n) is 5.69. The van der Waals surface area contributed by atoms with Crippen LogP contribution in [0.2, 0.25) is 5.02 Å². The SMILES string of the molecule is OC12CCCCC1[C@H](c1ccc(Cl)cc1)NCC2. The smallest absolute Gasteiger partial charge is 0.0706 e. The fourth-order valence-electron chi connectivity index (χ4n) is 3.64. The lowest BCUT2D eigenvalue weighted by Gasteiger charge is -2.48. The average molecular weight is 266 g/mol. The molecule has 18 heavy (non-hydrogen) atoms. The van der Waals surface area contributed by atoms with E-state index in [-0.39, 0.29) is 6.04 Å². The van der Waals surface area contributed by atoms with Crippen molar-refractivity contribution in [1.29, 1.82) is 0 Å². The van der Waals surface area contributed by atoms with E-state index in [0.717, 1.165) is 30.8 Å². The number of aliphatic hydroxyl groups is 1. The summed E-state index contributed by atoms with van der Waals surface area (Å²) in [7, 11) is 0. The zero-order chi connectivity index (χ0) is 12.6. The fourth-order valence-corrected chi connectivity index (χ4v) is 3.77. The molecule has 0 bridgehead atoms. The van der Waals surface area contributed by atoms with Gasteiger partial charge >= 0.3 is 0 Å². The molecule has 1 saturated heterocycles. The molecule has 1 aliphatic carbocycles. The second-order valence-corrected chi connectivity index (χ2v) is 6.13. The molecule has 1 aromatic carbocycles. The van der Waals surface area contributed by atoms with Gasteiger partial charge in [0.25, 0.3) is 0 Å². The predicted molar refractivity (Wildman–Crippen MR) is 73.7 cm³/mol. The topological polar surface area (TPSA) is 32.3 Å². The first-order chi connectivity index (χ1) is 8.69. The molecule has 1 saturated carbocycles. The van der Waals surface area contributed by atoms with E-state index in [1.165, 1.54) is 18.4 Å². The minimum absolute atomic E-state index is 0.279. The number of nitrogens with one attached hydrogen (secondary N) is 1. The minimum atomic E-state index is -0.451. The molecule has 0 radical (unpaired) electrons. The van der Waals surface area contributed by atoms with Crippen LogP contribution in [-0.2, 0) is 0 Å². The van der Waals surface area contributed by atoms with Crippen LogP contribution in [0.15, 0.2) is 24.3 Å². The highest BCUT2D eigenvalue weighted by Crippen LogP contribution is 2.45. The molecule has 0 spiro atoms. The monoisotopic (exact) mass is 265 g/mol. The molecule has 2 nitrogen and oxygen atoms in total. The van der Waals surface area contributed by atoms with E-state index in [1.54, 1.807) is 0 Å². The highest BCUT2D eigenvalue weighted by molar-refractivity contribution is 6.30. The zero-order valence-electron chi connectivity index (χ0n) is 10.5. The highest BCUT2D eigenvalue weighted by atomic mass is 35.5. The maximum Gasteiger partial charge on any atom is 0.0706 e. The van der Waals surface area contributed by atoms with Crippen molar-refractivity contribution in [3.63, 3.8) is 0 Å². The van der Waals surface area contributed by atoms with Gasteiger partial charge in [0, 0.05) is 17.0 Å².